The monoisotopic (exact) mass is 251 g/mol. The summed E-state index contributed by atoms with van der Waals surface area (Å²) >= 11 is 1.80. The molecule has 1 aliphatic rings. The molecular formula is C11H17N5S. The van der Waals surface area contributed by atoms with Gasteiger partial charge in [0.15, 0.2) is 5.96 Å². The van der Waals surface area contributed by atoms with E-state index in [1.54, 1.807) is 11.3 Å². The van der Waals surface area contributed by atoms with E-state index in [-0.39, 0.29) is 6.17 Å². The molecule has 5 nitrogen and oxygen atoms in total. The van der Waals surface area contributed by atoms with Crippen molar-refractivity contribution in [3.05, 3.63) is 21.9 Å². The average molecular weight is 251 g/mol. The van der Waals surface area contributed by atoms with Crippen molar-refractivity contribution in [2.75, 3.05) is 7.05 Å². The van der Waals surface area contributed by atoms with Crippen molar-refractivity contribution in [1.82, 2.24) is 10.2 Å². The predicted molar refractivity (Wildman–Crippen MR) is 72.2 cm³/mol. The van der Waals surface area contributed by atoms with Gasteiger partial charge in [0.2, 0.25) is 5.96 Å². The molecule has 0 fully saturated rings. The fraction of sp³-hybridized carbons (Fsp3) is 0.455. The molecule has 0 saturated heterocycles. The lowest BCUT2D eigenvalue weighted by molar-refractivity contribution is 0.483. The SMILES string of the molecule is Cc1ccc(CN(C)C2=NC(C)N=C(N)N2)s1. The molecular weight excluding hydrogens is 234 g/mol. The van der Waals surface area contributed by atoms with Crippen molar-refractivity contribution in [2.45, 2.75) is 26.6 Å². The van der Waals surface area contributed by atoms with Crippen LogP contribution >= 0.6 is 11.3 Å². The highest BCUT2D eigenvalue weighted by atomic mass is 32.1. The molecule has 1 unspecified atom stereocenters. The Morgan fingerprint density at radius 3 is 2.82 bits per heavy atom. The van der Waals surface area contributed by atoms with Gasteiger partial charge in [-0.05, 0) is 26.0 Å². The van der Waals surface area contributed by atoms with Crippen LogP contribution in [0.3, 0.4) is 0 Å². The second-order valence-corrected chi connectivity index (χ2v) is 5.46. The third-order valence-electron chi connectivity index (χ3n) is 2.43. The smallest absolute Gasteiger partial charge is 0.203 e. The number of nitrogens with zero attached hydrogens (tertiary/aromatic N) is 3. The van der Waals surface area contributed by atoms with Gasteiger partial charge >= 0.3 is 0 Å². The highest BCUT2D eigenvalue weighted by Crippen LogP contribution is 2.16. The van der Waals surface area contributed by atoms with E-state index in [9.17, 15) is 0 Å². The second kappa shape index (κ2) is 4.75. The van der Waals surface area contributed by atoms with Gasteiger partial charge in [-0.15, -0.1) is 11.3 Å². The average Bonchev–Trinajstić information content (AvgIpc) is 2.62. The lowest BCUT2D eigenvalue weighted by atomic mass is 10.4. The zero-order valence-electron chi connectivity index (χ0n) is 10.3. The fourth-order valence-electron chi connectivity index (χ4n) is 1.66. The van der Waals surface area contributed by atoms with Crippen molar-refractivity contribution in [1.29, 1.82) is 0 Å². The van der Waals surface area contributed by atoms with Crippen molar-refractivity contribution >= 4 is 23.3 Å². The van der Waals surface area contributed by atoms with Gasteiger partial charge in [0.25, 0.3) is 0 Å². The summed E-state index contributed by atoms with van der Waals surface area (Å²) in [5.74, 6) is 1.20. The second-order valence-electron chi connectivity index (χ2n) is 4.09. The van der Waals surface area contributed by atoms with Gasteiger partial charge in [0.1, 0.15) is 6.17 Å². The van der Waals surface area contributed by atoms with Crippen LogP contribution in [0.2, 0.25) is 0 Å². The molecule has 0 bridgehead atoms. The maximum atomic E-state index is 5.68. The number of rotatable bonds is 2. The van der Waals surface area contributed by atoms with Crippen LogP contribution < -0.4 is 11.1 Å². The number of nitrogens with two attached hydrogens (primary N) is 1. The van der Waals surface area contributed by atoms with Crippen LogP contribution in [0.1, 0.15) is 16.7 Å². The predicted octanol–water partition coefficient (Wildman–Crippen LogP) is 1.11. The quantitative estimate of drug-likeness (QED) is 0.827. The van der Waals surface area contributed by atoms with Gasteiger partial charge in [0.05, 0.1) is 6.54 Å². The van der Waals surface area contributed by atoms with Crippen LogP contribution in [0.25, 0.3) is 0 Å². The summed E-state index contributed by atoms with van der Waals surface area (Å²) < 4.78 is 0. The number of thiophene rings is 1. The number of aliphatic imine (C=N–C) groups is 2. The Balaban J connectivity index is 2.03. The van der Waals surface area contributed by atoms with Crippen LogP contribution in [0.15, 0.2) is 22.1 Å². The molecule has 0 aliphatic carbocycles. The van der Waals surface area contributed by atoms with Gasteiger partial charge < -0.3 is 10.6 Å². The van der Waals surface area contributed by atoms with Crippen LogP contribution in [0, 0.1) is 6.92 Å². The first kappa shape index (κ1) is 11.9. The molecule has 6 heteroatoms. The number of guanidine groups is 2. The Hall–Kier alpha value is -1.56. The fourth-order valence-corrected chi connectivity index (χ4v) is 2.60. The van der Waals surface area contributed by atoms with Gasteiger partial charge in [-0.25, -0.2) is 9.98 Å². The zero-order valence-corrected chi connectivity index (χ0v) is 11.1. The molecule has 1 atom stereocenters. The first-order valence-corrected chi connectivity index (χ1v) is 6.31. The molecule has 0 saturated carbocycles. The Morgan fingerprint density at radius 2 is 2.24 bits per heavy atom. The van der Waals surface area contributed by atoms with Crippen molar-refractivity contribution in [2.24, 2.45) is 15.7 Å². The lowest BCUT2D eigenvalue weighted by Crippen LogP contribution is -2.48. The summed E-state index contributed by atoms with van der Waals surface area (Å²) in [7, 11) is 1.99. The molecule has 0 aromatic carbocycles. The van der Waals surface area contributed by atoms with Gasteiger partial charge in [-0.1, -0.05) is 0 Å². The Morgan fingerprint density at radius 1 is 1.47 bits per heavy atom. The summed E-state index contributed by atoms with van der Waals surface area (Å²) in [5, 5.41) is 2.98. The topological polar surface area (TPSA) is 66.0 Å². The van der Waals surface area contributed by atoms with Gasteiger partial charge in [-0.2, -0.15) is 0 Å². The maximum Gasteiger partial charge on any atom is 0.203 e. The minimum absolute atomic E-state index is 0.112. The lowest BCUT2D eigenvalue weighted by Gasteiger charge is -2.25. The first-order valence-electron chi connectivity index (χ1n) is 5.49. The Bertz CT molecular complexity index is 462. The maximum absolute atomic E-state index is 5.68. The van der Waals surface area contributed by atoms with Crippen LogP contribution in [-0.2, 0) is 6.54 Å². The van der Waals surface area contributed by atoms with E-state index in [0.717, 1.165) is 12.5 Å². The van der Waals surface area contributed by atoms with E-state index < -0.39 is 0 Å². The van der Waals surface area contributed by atoms with E-state index in [0.29, 0.717) is 5.96 Å². The first-order chi connectivity index (χ1) is 8.04. The molecule has 92 valence electrons. The minimum Gasteiger partial charge on any atom is -0.370 e. The standard InChI is InChI=1S/C11H17N5S/c1-7-4-5-9(17-7)6-16(3)11-14-8(2)13-10(12)15-11/h4-5,8H,6H2,1-3H3,(H3,12,13,14,15). The number of hydrogen-bond donors (Lipinski definition) is 2. The van der Waals surface area contributed by atoms with Crippen molar-refractivity contribution in [3.63, 3.8) is 0 Å². The van der Waals surface area contributed by atoms with Crippen molar-refractivity contribution in [3.8, 4) is 0 Å². The summed E-state index contributed by atoms with van der Waals surface area (Å²) in [6.45, 7) is 4.85. The Labute approximate surface area is 105 Å². The van der Waals surface area contributed by atoms with E-state index in [1.165, 1.54) is 9.75 Å². The summed E-state index contributed by atoms with van der Waals surface area (Å²) in [5.41, 5.74) is 5.68. The third kappa shape index (κ3) is 2.97. The van der Waals surface area contributed by atoms with E-state index in [4.69, 9.17) is 5.73 Å². The normalized spacial score (nSPS) is 19.4. The summed E-state index contributed by atoms with van der Waals surface area (Å²) in [6.07, 6.45) is -0.112. The summed E-state index contributed by atoms with van der Waals surface area (Å²) in [4.78, 5) is 13.2. The molecule has 0 amide bonds. The molecule has 2 heterocycles. The molecule has 2 rings (SSSR count). The highest BCUT2D eigenvalue weighted by molar-refractivity contribution is 7.11. The van der Waals surface area contributed by atoms with Crippen LogP contribution in [0.5, 0.6) is 0 Å². The van der Waals surface area contributed by atoms with Crippen LogP contribution in [0.4, 0.5) is 0 Å². The summed E-state index contributed by atoms with van der Waals surface area (Å²) in [6, 6.07) is 4.27. The minimum atomic E-state index is -0.112. The van der Waals surface area contributed by atoms with E-state index in [2.05, 4.69) is 34.4 Å². The molecule has 1 aromatic heterocycles. The number of nitrogens with one attached hydrogen (secondary N) is 1. The molecule has 0 radical (unpaired) electrons. The van der Waals surface area contributed by atoms with Gasteiger partial charge in [0, 0.05) is 16.8 Å². The molecule has 0 spiro atoms. The molecule has 1 aliphatic heterocycles. The van der Waals surface area contributed by atoms with Crippen LogP contribution in [-0.4, -0.2) is 30.0 Å². The molecule has 3 N–H and O–H groups in total. The highest BCUT2D eigenvalue weighted by Gasteiger charge is 2.15. The number of hydrogen-bond acceptors (Lipinski definition) is 6. The molecule has 17 heavy (non-hydrogen) atoms. The molecule has 1 aromatic rings. The van der Waals surface area contributed by atoms with Crippen molar-refractivity contribution < 1.29 is 0 Å². The van der Waals surface area contributed by atoms with Gasteiger partial charge in [-0.3, -0.25) is 5.32 Å². The third-order valence-corrected chi connectivity index (χ3v) is 3.41. The zero-order chi connectivity index (χ0) is 12.4. The van der Waals surface area contributed by atoms with E-state index >= 15 is 0 Å². The van der Waals surface area contributed by atoms with E-state index in [1.807, 2.05) is 18.9 Å². The number of aryl methyl sites for hydroxylation is 1. The largest absolute Gasteiger partial charge is 0.370 e. The Kier molecular flexibility index (Phi) is 3.33.